The normalized spacial score (nSPS) is 10.8. The molecular formula is C18H17Cl2N5OS. The van der Waals surface area contributed by atoms with Gasteiger partial charge in [-0.05, 0) is 29.8 Å². The number of nitrogens with zero attached hydrogens (tertiary/aromatic N) is 4. The van der Waals surface area contributed by atoms with Crippen molar-refractivity contribution < 1.29 is 4.79 Å². The number of pyridine rings is 1. The average Bonchev–Trinajstić information content (AvgIpc) is 3.00. The summed E-state index contributed by atoms with van der Waals surface area (Å²) in [6.07, 6.45) is 4.15. The van der Waals surface area contributed by atoms with Crippen LogP contribution in [0.1, 0.15) is 21.7 Å². The Labute approximate surface area is 171 Å². The molecule has 1 amide bonds. The van der Waals surface area contributed by atoms with E-state index in [0.29, 0.717) is 28.6 Å². The molecule has 0 bridgehead atoms. The quantitative estimate of drug-likeness (QED) is 0.587. The van der Waals surface area contributed by atoms with Crippen molar-refractivity contribution >= 4 is 40.9 Å². The molecule has 0 aliphatic carbocycles. The zero-order valence-electron chi connectivity index (χ0n) is 14.5. The van der Waals surface area contributed by atoms with Crippen LogP contribution in [0.3, 0.4) is 0 Å². The molecule has 27 heavy (non-hydrogen) atoms. The Morgan fingerprint density at radius 3 is 2.70 bits per heavy atom. The summed E-state index contributed by atoms with van der Waals surface area (Å²) in [7, 11) is 1.92. The molecule has 1 aromatic carbocycles. The van der Waals surface area contributed by atoms with Gasteiger partial charge >= 0.3 is 0 Å². The Kier molecular flexibility index (Phi) is 6.71. The first-order chi connectivity index (χ1) is 13.0. The van der Waals surface area contributed by atoms with Crippen molar-refractivity contribution in [2.45, 2.75) is 17.3 Å². The van der Waals surface area contributed by atoms with Gasteiger partial charge in [-0.1, -0.05) is 41.0 Å². The van der Waals surface area contributed by atoms with Crippen LogP contribution in [0, 0.1) is 0 Å². The summed E-state index contributed by atoms with van der Waals surface area (Å²) in [4.78, 5) is 16.3. The molecule has 0 fully saturated rings. The van der Waals surface area contributed by atoms with Crippen molar-refractivity contribution in [2.75, 3.05) is 6.54 Å². The number of hydrogen-bond acceptors (Lipinski definition) is 5. The van der Waals surface area contributed by atoms with E-state index in [0.717, 1.165) is 22.3 Å². The van der Waals surface area contributed by atoms with Gasteiger partial charge in [0.2, 0.25) is 0 Å². The number of amides is 1. The molecule has 0 aliphatic heterocycles. The van der Waals surface area contributed by atoms with Gasteiger partial charge in [0, 0.05) is 53.8 Å². The lowest BCUT2D eigenvalue weighted by Gasteiger charge is -2.07. The second kappa shape index (κ2) is 9.21. The maximum atomic E-state index is 12.2. The van der Waals surface area contributed by atoms with E-state index in [9.17, 15) is 4.79 Å². The molecule has 3 rings (SSSR count). The lowest BCUT2D eigenvalue weighted by Crippen LogP contribution is -2.26. The second-order valence-electron chi connectivity index (χ2n) is 5.77. The van der Waals surface area contributed by atoms with E-state index in [4.69, 9.17) is 23.2 Å². The van der Waals surface area contributed by atoms with Crippen LogP contribution in [0.5, 0.6) is 0 Å². The summed E-state index contributed by atoms with van der Waals surface area (Å²) in [6, 6.07) is 8.68. The van der Waals surface area contributed by atoms with Gasteiger partial charge in [-0.2, -0.15) is 0 Å². The Bertz CT molecular complexity index is 913. The minimum Gasteiger partial charge on any atom is -0.352 e. The van der Waals surface area contributed by atoms with E-state index in [1.165, 1.54) is 0 Å². The first-order valence-electron chi connectivity index (χ1n) is 8.17. The summed E-state index contributed by atoms with van der Waals surface area (Å²) in [5, 5.41) is 12.9. The standard InChI is InChI=1S/C18H17Cl2N5OS/c1-25-16(23-24-18(25)27-11-12-3-2-5-21-10-12)4-6-22-17(26)13-7-14(19)9-15(20)8-13/h2-3,5,7-10H,4,6,11H2,1H3,(H,22,26). The molecular weight excluding hydrogens is 405 g/mol. The number of hydrogen-bond donors (Lipinski definition) is 1. The number of thioether (sulfide) groups is 1. The SMILES string of the molecule is Cn1c(CCNC(=O)c2cc(Cl)cc(Cl)c2)nnc1SCc1cccnc1. The van der Waals surface area contributed by atoms with Gasteiger partial charge in [-0.15, -0.1) is 10.2 Å². The third-order valence-electron chi connectivity index (χ3n) is 3.77. The highest BCUT2D eigenvalue weighted by molar-refractivity contribution is 7.98. The van der Waals surface area contributed by atoms with Crippen LogP contribution in [0.2, 0.25) is 10.0 Å². The van der Waals surface area contributed by atoms with Gasteiger partial charge in [0.25, 0.3) is 5.91 Å². The Morgan fingerprint density at radius 1 is 1.22 bits per heavy atom. The van der Waals surface area contributed by atoms with Crippen molar-refractivity contribution in [2.24, 2.45) is 7.05 Å². The number of aromatic nitrogens is 4. The molecule has 0 saturated heterocycles. The molecule has 6 nitrogen and oxygen atoms in total. The largest absolute Gasteiger partial charge is 0.352 e. The van der Waals surface area contributed by atoms with Crippen LogP contribution >= 0.6 is 35.0 Å². The van der Waals surface area contributed by atoms with Gasteiger partial charge in [0.05, 0.1) is 0 Å². The molecule has 2 aromatic heterocycles. The molecule has 140 valence electrons. The Morgan fingerprint density at radius 2 is 2.00 bits per heavy atom. The highest BCUT2D eigenvalue weighted by Gasteiger charge is 2.11. The lowest BCUT2D eigenvalue weighted by atomic mass is 10.2. The van der Waals surface area contributed by atoms with E-state index >= 15 is 0 Å². The fourth-order valence-electron chi connectivity index (χ4n) is 2.39. The molecule has 0 radical (unpaired) electrons. The highest BCUT2D eigenvalue weighted by Crippen LogP contribution is 2.21. The third kappa shape index (κ3) is 5.45. The minimum atomic E-state index is -0.229. The third-order valence-corrected chi connectivity index (χ3v) is 5.30. The summed E-state index contributed by atoms with van der Waals surface area (Å²) in [5.41, 5.74) is 1.55. The second-order valence-corrected chi connectivity index (χ2v) is 7.59. The topological polar surface area (TPSA) is 72.7 Å². The lowest BCUT2D eigenvalue weighted by molar-refractivity contribution is 0.0954. The Hall–Kier alpha value is -2.09. The van der Waals surface area contributed by atoms with E-state index in [1.54, 1.807) is 36.2 Å². The summed E-state index contributed by atoms with van der Waals surface area (Å²) >= 11 is 13.5. The van der Waals surface area contributed by atoms with E-state index in [2.05, 4.69) is 20.5 Å². The predicted molar refractivity (Wildman–Crippen MR) is 107 cm³/mol. The molecule has 2 heterocycles. The smallest absolute Gasteiger partial charge is 0.251 e. The summed E-state index contributed by atoms with van der Waals surface area (Å²) in [5.74, 6) is 1.34. The van der Waals surface area contributed by atoms with E-state index in [1.807, 2.05) is 29.9 Å². The van der Waals surface area contributed by atoms with Gasteiger partial charge in [0.15, 0.2) is 5.16 Å². The van der Waals surface area contributed by atoms with Gasteiger partial charge in [-0.3, -0.25) is 9.78 Å². The van der Waals surface area contributed by atoms with Crippen LogP contribution < -0.4 is 5.32 Å². The highest BCUT2D eigenvalue weighted by atomic mass is 35.5. The number of benzene rings is 1. The number of carbonyl (C=O) groups excluding carboxylic acids is 1. The maximum Gasteiger partial charge on any atom is 0.251 e. The fraction of sp³-hybridized carbons (Fsp3) is 0.222. The van der Waals surface area contributed by atoms with Crippen LogP contribution in [-0.2, 0) is 19.2 Å². The maximum absolute atomic E-state index is 12.2. The number of nitrogens with one attached hydrogen (secondary N) is 1. The van der Waals surface area contributed by atoms with Crippen molar-refractivity contribution in [3.63, 3.8) is 0 Å². The zero-order valence-corrected chi connectivity index (χ0v) is 16.9. The number of carbonyl (C=O) groups is 1. The molecule has 0 spiro atoms. The van der Waals surface area contributed by atoms with Gasteiger partial charge in [0.1, 0.15) is 5.82 Å². The molecule has 0 saturated carbocycles. The molecule has 0 aliphatic rings. The first-order valence-corrected chi connectivity index (χ1v) is 9.91. The van der Waals surface area contributed by atoms with Crippen LogP contribution in [-0.4, -0.2) is 32.2 Å². The van der Waals surface area contributed by atoms with Crippen molar-refractivity contribution in [1.82, 2.24) is 25.1 Å². The summed E-state index contributed by atoms with van der Waals surface area (Å²) in [6.45, 7) is 0.433. The monoisotopic (exact) mass is 421 g/mol. The molecule has 3 aromatic rings. The van der Waals surface area contributed by atoms with Crippen LogP contribution in [0.4, 0.5) is 0 Å². The zero-order chi connectivity index (χ0) is 19.2. The average molecular weight is 422 g/mol. The van der Waals surface area contributed by atoms with Crippen LogP contribution in [0.15, 0.2) is 47.9 Å². The van der Waals surface area contributed by atoms with Gasteiger partial charge < -0.3 is 9.88 Å². The van der Waals surface area contributed by atoms with E-state index in [-0.39, 0.29) is 5.91 Å². The fourth-order valence-corrected chi connectivity index (χ4v) is 3.78. The molecule has 9 heteroatoms. The van der Waals surface area contributed by atoms with Crippen molar-refractivity contribution in [1.29, 1.82) is 0 Å². The number of rotatable bonds is 7. The molecule has 1 N–H and O–H groups in total. The van der Waals surface area contributed by atoms with Crippen molar-refractivity contribution in [3.8, 4) is 0 Å². The first kappa shape index (κ1) is 19.7. The minimum absolute atomic E-state index is 0.229. The van der Waals surface area contributed by atoms with Gasteiger partial charge in [-0.25, -0.2) is 0 Å². The van der Waals surface area contributed by atoms with Crippen molar-refractivity contribution in [3.05, 3.63) is 69.7 Å². The van der Waals surface area contributed by atoms with Crippen LogP contribution in [0.25, 0.3) is 0 Å². The molecule has 0 unspecified atom stereocenters. The predicted octanol–water partition coefficient (Wildman–Crippen LogP) is 3.78. The number of halogens is 2. The summed E-state index contributed by atoms with van der Waals surface area (Å²) < 4.78 is 1.93. The Balaban J connectivity index is 1.52. The molecule has 0 atom stereocenters. The van der Waals surface area contributed by atoms with E-state index < -0.39 is 0 Å².